The zero-order chi connectivity index (χ0) is 11.5. The number of anilines is 1. The van der Waals surface area contributed by atoms with Gasteiger partial charge in [-0.3, -0.25) is 0 Å². The molecule has 16 heavy (non-hydrogen) atoms. The first-order valence-corrected chi connectivity index (χ1v) is 7.09. The lowest BCUT2D eigenvalue weighted by Crippen LogP contribution is -1.99. The molecule has 2 rings (SSSR count). The third-order valence-electron chi connectivity index (χ3n) is 1.89. The van der Waals surface area contributed by atoms with Crippen molar-refractivity contribution in [3.63, 3.8) is 0 Å². The lowest BCUT2D eigenvalue weighted by Gasteiger charge is -2.06. The number of halogens is 3. The number of nitrogens with zero attached hydrogens (tertiary/aromatic N) is 1. The predicted molar refractivity (Wildman–Crippen MR) is 78.6 cm³/mol. The molecule has 0 fully saturated rings. The number of aromatic nitrogens is 1. The van der Waals surface area contributed by atoms with E-state index in [1.807, 2.05) is 18.2 Å². The van der Waals surface area contributed by atoms with E-state index in [-0.39, 0.29) is 0 Å². The zero-order valence-electron chi connectivity index (χ0n) is 8.01. The maximum absolute atomic E-state index is 6.09. The first kappa shape index (κ1) is 12.4. The average Bonchev–Trinajstić information content (AvgIpc) is 2.63. The van der Waals surface area contributed by atoms with E-state index in [1.165, 1.54) is 11.3 Å². The number of benzene rings is 1. The number of hydrogen-bond donors (Lipinski definition) is 1. The summed E-state index contributed by atoms with van der Waals surface area (Å²) in [5, 5.41) is 4.89. The van der Waals surface area contributed by atoms with Gasteiger partial charge in [0.25, 0.3) is 0 Å². The number of hydrogen-bond acceptors (Lipinski definition) is 3. The van der Waals surface area contributed by atoms with Gasteiger partial charge in [-0.25, -0.2) is 4.98 Å². The van der Waals surface area contributed by atoms with E-state index in [4.69, 9.17) is 23.2 Å². The summed E-state index contributed by atoms with van der Waals surface area (Å²) in [6, 6.07) is 5.88. The van der Waals surface area contributed by atoms with Crippen molar-refractivity contribution in [1.82, 2.24) is 4.98 Å². The van der Waals surface area contributed by atoms with Crippen LogP contribution in [0.2, 0.25) is 9.36 Å². The highest BCUT2D eigenvalue weighted by molar-refractivity contribution is 14.1. The van der Waals surface area contributed by atoms with Crippen molar-refractivity contribution >= 4 is 62.8 Å². The van der Waals surface area contributed by atoms with Crippen LogP contribution in [0.15, 0.2) is 24.4 Å². The molecule has 1 N–H and O–H groups in total. The summed E-state index contributed by atoms with van der Waals surface area (Å²) in [6.45, 7) is 0.637. The summed E-state index contributed by atoms with van der Waals surface area (Å²) in [4.78, 5) is 4.16. The Balaban J connectivity index is 2.04. The van der Waals surface area contributed by atoms with Gasteiger partial charge in [0.1, 0.15) is 9.34 Å². The van der Waals surface area contributed by atoms with Gasteiger partial charge in [0.05, 0.1) is 23.5 Å². The van der Waals surface area contributed by atoms with E-state index in [0.29, 0.717) is 10.9 Å². The molecule has 0 radical (unpaired) electrons. The lowest BCUT2D eigenvalue weighted by atomic mass is 10.3. The smallest absolute Gasteiger partial charge is 0.113 e. The molecule has 0 unspecified atom stereocenters. The van der Waals surface area contributed by atoms with Crippen LogP contribution < -0.4 is 5.32 Å². The van der Waals surface area contributed by atoms with Crippen LogP contribution in [0.1, 0.15) is 5.01 Å². The number of rotatable bonds is 3. The van der Waals surface area contributed by atoms with Crippen molar-refractivity contribution < 1.29 is 0 Å². The topological polar surface area (TPSA) is 24.9 Å². The molecule has 0 bridgehead atoms. The fourth-order valence-corrected chi connectivity index (χ4v) is 2.99. The summed E-state index contributed by atoms with van der Waals surface area (Å²) < 4.78 is 1.82. The third-order valence-corrected chi connectivity index (χ3v) is 3.99. The molecule has 0 aliphatic rings. The minimum Gasteiger partial charge on any atom is -0.377 e. The molecular formula is C10H7Cl2IN2S. The SMILES string of the molecule is Clc1cnc(CNc2ccc(I)cc2Cl)s1. The largest absolute Gasteiger partial charge is 0.377 e. The minimum atomic E-state index is 0.637. The molecule has 0 atom stereocenters. The van der Waals surface area contributed by atoms with Crippen LogP contribution >= 0.6 is 57.1 Å². The predicted octanol–water partition coefficient (Wildman–Crippen LogP) is 4.67. The Bertz CT molecular complexity index is 501. The van der Waals surface area contributed by atoms with E-state index >= 15 is 0 Å². The van der Waals surface area contributed by atoms with Gasteiger partial charge in [0.15, 0.2) is 0 Å². The molecule has 0 aliphatic carbocycles. The second-order valence-electron chi connectivity index (χ2n) is 3.04. The fraction of sp³-hybridized carbons (Fsp3) is 0.100. The van der Waals surface area contributed by atoms with Gasteiger partial charge in [-0.2, -0.15) is 0 Å². The average molecular weight is 385 g/mol. The summed E-state index contributed by atoms with van der Waals surface area (Å²) in [5.41, 5.74) is 0.911. The van der Waals surface area contributed by atoms with Gasteiger partial charge >= 0.3 is 0 Å². The van der Waals surface area contributed by atoms with Gasteiger partial charge in [0.2, 0.25) is 0 Å². The van der Waals surface area contributed by atoms with Gasteiger partial charge < -0.3 is 5.32 Å². The number of nitrogens with one attached hydrogen (secondary N) is 1. The van der Waals surface area contributed by atoms with Crippen LogP contribution in [-0.4, -0.2) is 4.98 Å². The Morgan fingerprint density at radius 3 is 2.81 bits per heavy atom. The van der Waals surface area contributed by atoms with Crippen LogP contribution in [0.3, 0.4) is 0 Å². The van der Waals surface area contributed by atoms with Crippen molar-refractivity contribution in [2.45, 2.75) is 6.54 Å². The second-order valence-corrected chi connectivity index (χ2v) is 6.44. The highest BCUT2D eigenvalue weighted by Gasteiger charge is 2.03. The highest BCUT2D eigenvalue weighted by Crippen LogP contribution is 2.25. The molecule has 0 saturated carbocycles. The van der Waals surface area contributed by atoms with Crippen molar-refractivity contribution in [3.8, 4) is 0 Å². The van der Waals surface area contributed by atoms with Crippen molar-refractivity contribution in [3.05, 3.63) is 42.3 Å². The van der Waals surface area contributed by atoms with Gasteiger partial charge in [-0.15, -0.1) is 11.3 Å². The molecule has 2 aromatic rings. The Morgan fingerprint density at radius 2 is 2.19 bits per heavy atom. The quantitative estimate of drug-likeness (QED) is 0.778. The molecule has 0 aliphatic heterocycles. The zero-order valence-corrected chi connectivity index (χ0v) is 12.5. The van der Waals surface area contributed by atoms with Gasteiger partial charge in [-0.1, -0.05) is 23.2 Å². The third kappa shape index (κ3) is 3.23. The second kappa shape index (κ2) is 5.53. The molecule has 1 heterocycles. The fourth-order valence-electron chi connectivity index (χ4n) is 1.17. The van der Waals surface area contributed by atoms with E-state index in [1.54, 1.807) is 6.20 Å². The van der Waals surface area contributed by atoms with Crippen molar-refractivity contribution in [1.29, 1.82) is 0 Å². The monoisotopic (exact) mass is 384 g/mol. The molecule has 0 amide bonds. The summed E-state index contributed by atoms with van der Waals surface area (Å²) in [6.07, 6.45) is 1.65. The van der Waals surface area contributed by atoms with E-state index in [0.717, 1.165) is 19.3 Å². The molecule has 6 heteroatoms. The molecular weight excluding hydrogens is 378 g/mol. The first-order valence-electron chi connectivity index (χ1n) is 4.44. The van der Waals surface area contributed by atoms with Gasteiger partial charge in [-0.05, 0) is 40.8 Å². The standard InChI is InChI=1S/C10H7Cl2IN2S/c11-7-3-6(13)1-2-8(7)14-5-10-15-4-9(12)16-10/h1-4,14H,5H2. The normalized spacial score (nSPS) is 10.4. The minimum absolute atomic E-state index is 0.637. The lowest BCUT2D eigenvalue weighted by molar-refractivity contribution is 1.10. The van der Waals surface area contributed by atoms with Crippen molar-refractivity contribution in [2.75, 3.05) is 5.32 Å². The van der Waals surface area contributed by atoms with Crippen LogP contribution in [0.25, 0.3) is 0 Å². The maximum Gasteiger partial charge on any atom is 0.113 e. The van der Waals surface area contributed by atoms with E-state index in [9.17, 15) is 0 Å². The van der Waals surface area contributed by atoms with E-state index in [2.05, 4.69) is 32.9 Å². The molecule has 0 spiro atoms. The van der Waals surface area contributed by atoms with E-state index < -0.39 is 0 Å². The molecule has 84 valence electrons. The van der Waals surface area contributed by atoms with Gasteiger partial charge in [0, 0.05) is 3.57 Å². The molecule has 0 saturated heterocycles. The summed E-state index contributed by atoms with van der Waals surface area (Å²) in [5.74, 6) is 0. The first-order chi connectivity index (χ1) is 7.65. The summed E-state index contributed by atoms with van der Waals surface area (Å²) >= 11 is 15.6. The maximum atomic E-state index is 6.09. The molecule has 1 aromatic carbocycles. The van der Waals surface area contributed by atoms with Crippen LogP contribution in [-0.2, 0) is 6.54 Å². The summed E-state index contributed by atoms with van der Waals surface area (Å²) in [7, 11) is 0. The number of thiazole rings is 1. The van der Waals surface area contributed by atoms with Crippen LogP contribution in [0.4, 0.5) is 5.69 Å². The van der Waals surface area contributed by atoms with Crippen LogP contribution in [0.5, 0.6) is 0 Å². The molecule has 2 nitrogen and oxygen atoms in total. The Hall–Kier alpha value is -0.0400. The Labute approximate surface area is 121 Å². The van der Waals surface area contributed by atoms with Crippen LogP contribution in [0, 0.1) is 3.57 Å². The molecule has 1 aromatic heterocycles. The Morgan fingerprint density at radius 1 is 1.38 bits per heavy atom. The Kier molecular flexibility index (Phi) is 4.29. The van der Waals surface area contributed by atoms with Crippen molar-refractivity contribution in [2.24, 2.45) is 0 Å². The highest BCUT2D eigenvalue weighted by atomic mass is 127.